The minimum atomic E-state index is -4.85. The minimum absolute atomic E-state index is 0.0327. The maximum Gasteiger partial charge on any atom is 0.417 e. The van der Waals surface area contributed by atoms with Crippen molar-refractivity contribution in [2.45, 2.75) is 44.3 Å². The Balaban J connectivity index is 0.826. The third kappa shape index (κ3) is 8.06. The third-order valence-corrected chi connectivity index (χ3v) is 11.9. The molecule has 0 unspecified atom stereocenters. The van der Waals surface area contributed by atoms with Crippen molar-refractivity contribution >= 4 is 79.8 Å². The maximum absolute atomic E-state index is 15.5. The Morgan fingerprint density at radius 1 is 1.00 bits per heavy atom. The van der Waals surface area contributed by atoms with Crippen LogP contribution in [0.5, 0.6) is 5.75 Å². The second kappa shape index (κ2) is 16.5. The Kier molecular flexibility index (Phi) is 11.2. The van der Waals surface area contributed by atoms with E-state index in [9.17, 15) is 37.6 Å². The van der Waals surface area contributed by atoms with Gasteiger partial charge in [-0.3, -0.25) is 39.2 Å². The topological polar surface area (TPSA) is 151 Å². The Morgan fingerprint density at radius 3 is 2.45 bits per heavy atom. The molecule has 4 aromatic carbocycles. The number of halogens is 4. The van der Waals surface area contributed by atoms with Crippen molar-refractivity contribution in [1.82, 2.24) is 15.1 Å². The molecule has 18 heteroatoms. The fraction of sp³-hybridized carbons (Fsp3) is 0.318. The van der Waals surface area contributed by atoms with Gasteiger partial charge < -0.3 is 19.4 Å². The number of piperazine rings is 1. The number of amides is 4. The number of rotatable bonds is 10. The Bertz CT molecular complexity index is 2710. The van der Waals surface area contributed by atoms with Crippen LogP contribution in [-0.4, -0.2) is 90.0 Å². The molecule has 62 heavy (non-hydrogen) atoms. The number of nitriles is 1. The second-order valence-corrected chi connectivity index (χ2v) is 16.2. The van der Waals surface area contributed by atoms with Gasteiger partial charge in [0.15, 0.2) is 16.7 Å². The van der Waals surface area contributed by atoms with Crippen LogP contribution in [0.1, 0.15) is 49.3 Å². The number of fused-ring (bicyclic) bond motifs is 3. The molecular weight excluding hydrogens is 831 g/mol. The Hall–Kier alpha value is -6.42. The van der Waals surface area contributed by atoms with Crippen molar-refractivity contribution in [3.05, 3.63) is 95.5 Å². The molecule has 0 aliphatic carbocycles. The summed E-state index contributed by atoms with van der Waals surface area (Å²) in [5, 5.41) is 17.0. The number of ether oxygens (including phenoxy) is 1. The number of anilines is 3. The van der Waals surface area contributed by atoms with Gasteiger partial charge >= 0.3 is 6.18 Å². The molecule has 4 heterocycles. The number of furan rings is 1. The smallest absolute Gasteiger partial charge is 0.417 e. The van der Waals surface area contributed by atoms with E-state index in [1.807, 2.05) is 35.2 Å². The number of alkyl halides is 3. The molecule has 0 saturated carbocycles. The van der Waals surface area contributed by atoms with Crippen molar-refractivity contribution in [3.8, 4) is 11.8 Å². The zero-order valence-corrected chi connectivity index (χ0v) is 34.3. The number of piperidine rings is 1. The lowest BCUT2D eigenvalue weighted by atomic mass is 9.89. The molecule has 3 aliphatic rings. The summed E-state index contributed by atoms with van der Waals surface area (Å²) in [5.74, 6) is -2.69. The SMILES string of the molecule is CC1(C)C(=O)N(c2ccc(C#N)c(C(F)(F)F)c2)C(=S)N1c1ccc(OCCN2CCN(CC(=O)Nc3ccc4c(ccc5occ([C@H]6CCC(=O)NC6=O)c54)c3)CC2)c(F)c1. The van der Waals surface area contributed by atoms with Gasteiger partial charge in [-0.15, -0.1) is 0 Å². The van der Waals surface area contributed by atoms with E-state index in [0.29, 0.717) is 56.5 Å². The first-order valence-electron chi connectivity index (χ1n) is 19.8. The monoisotopic (exact) mass is 869 g/mol. The average Bonchev–Trinajstić information content (AvgIpc) is 3.73. The quantitative estimate of drug-likeness (QED) is 0.0879. The van der Waals surface area contributed by atoms with Gasteiger partial charge in [-0.2, -0.15) is 18.4 Å². The first-order chi connectivity index (χ1) is 29.5. The molecule has 1 aromatic heterocycles. The summed E-state index contributed by atoms with van der Waals surface area (Å²) in [4.78, 5) is 57.5. The number of hydrogen-bond acceptors (Lipinski definition) is 10. The predicted octanol–water partition coefficient (Wildman–Crippen LogP) is 6.69. The largest absolute Gasteiger partial charge is 0.489 e. The summed E-state index contributed by atoms with van der Waals surface area (Å²) in [6.07, 6.45) is -2.62. The first-order valence-corrected chi connectivity index (χ1v) is 20.2. The number of carbonyl (C=O) groups excluding carboxylic acids is 4. The molecule has 2 N–H and O–H groups in total. The van der Waals surface area contributed by atoms with E-state index >= 15 is 4.39 Å². The van der Waals surface area contributed by atoms with E-state index in [4.69, 9.17) is 21.4 Å². The molecule has 0 radical (unpaired) electrons. The van der Waals surface area contributed by atoms with Gasteiger partial charge in [0.05, 0.1) is 41.6 Å². The number of nitrogens with one attached hydrogen (secondary N) is 2. The number of benzene rings is 4. The summed E-state index contributed by atoms with van der Waals surface area (Å²) in [6, 6.07) is 17.8. The number of imide groups is 1. The van der Waals surface area contributed by atoms with Crippen molar-refractivity contribution in [1.29, 1.82) is 5.26 Å². The lowest BCUT2D eigenvalue weighted by Crippen LogP contribution is -2.49. The fourth-order valence-corrected chi connectivity index (χ4v) is 8.80. The van der Waals surface area contributed by atoms with Crippen LogP contribution in [0.3, 0.4) is 0 Å². The second-order valence-electron chi connectivity index (χ2n) is 15.9. The van der Waals surface area contributed by atoms with Gasteiger partial charge in [-0.05, 0) is 91.8 Å². The molecule has 0 bridgehead atoms. The number of nitrogens with zero attached hydrogens (tertiary/aromatic N) is 5. The van der Waals surface area contributed by atoms with E-state index in [1.165, 1.54) is 43.0 Å². The molecule has 8 rings (SSSR count). The molecule has 320 valence electrons. The highest BCUT2D eigenvalue weighted by atomic mass is 32.1. The molecule has 0 spiro atoms. The van der Waals surface area contributed by atoms with Crippen molar-refractivity contribution in [2.75, 3.05) is 61.0 Å². The highest BCUT2D eigenvalue weighted by molar-refractivity contribution is 7.81. The molecule has 3 saturated heterocycles. The van der Waals surface area contributed by atoms with Gasteiger partial charge in [0, 0.05) is 67.5 Å². The van der Waals surface area contributed by atoms with Crippen LogP contribution in [0.25, 0.3) is 21.7 Å². The van der Waals surface area contributed by atoms with Gasteiger partial charge in [-0.25, -0.2) is 4.39 Å². The van der Waals surface area contributed by atoms with Crippen molar-refractivity contribution in [2.24, 2.45) is 0 Å². The summed E-state index contributed by atoms with van der Waals surface area (Å²) < 4.78 is 68.2. The molecule has 4 amide bonds. The van der Waals surface area contributed by atoms with E-state index in [-0.39, 0.29) is 59.5 Å². The molecule has 3 aliphatic heterocycles. The number of thiocarbonyl (C=S) groups is 1. The van der Waals surface area contributed by atoms with Crippen LogP contribution in [0.15, 0.2) is 77.4 Å². The Labute approximate surface area is 357 Å². The normalized spacial score (nSPS) is 18.7. The van der Waals surface area contributed by atoms with Crippen LogP contribution in [0, 0.1) is 17.1 Å². The van der Waals surface area contributed by atoms with Crippen LogP contribution in [-0.2, 0) is 25.4 Å². The lowest BCUT2D eigenvalue weighted by Gasteiger charge is -2.34. The highest BCUT2D eigenvalue weighted by Crippen LogP contribution is 2.41. The lowest BCUT2D eigenvalue weighted by molar-refractivity contribution is -0.138. The molecular formula is C44H39F4N7O6S. The van der Waals surface area contributed by atoms with Crippen molar-refractivity contribution < 1.29 is 45.9 Å². The summed E-state index contributed by atoms with van der Waals surface area (Å²) in [5.41, 5.74) is -1.19. The van der Waals surface area contributed by atoms with E-state index in [2.05, 4.69) is 15.5 Å². The minimum Gasteiger partial charge on any atom is -0.489 e. The summed E-state index contributed by atoms with van der Waals surface area (Å²) >= 11 is 5.56. The average molecular weight is 870 g/mol. The fourth-order valence-electron chi connectivity index (χ4n) is 8.28. The van der Waals surface area contributed by atoms with Gasteiger partial charge in [-0.1, -0.05) is 12.1 Å². The third-order valence-electron chi connectivity index (χ3n) is 11.5. The molecule has 3 fully saturated rings. The van der Waals surface area contributed by atoms with Crippen LogP contribution in [0.2, 0.25) is 0 Å². The van der Waals surface area contributed by atoms with Gasteiger partial charge in [0.25, 0.3) is 5.91 Å². The zero-order chi connectivity index (χ0) is 44.1. The molecule has 1 atom stereocenters. The highest BCUT2D eigenvalue weighted by Gasteiger charge is 2.51. The van der Waals surface area contributed by atoms with Crippen molar-refractivity contribution in [3.63, 3.8) is 0 Å². The summed E-state index contributed by atoms with van der Waals surface area (Å²) in [7, 11) is 0. The molecule has 13 nitrogen and oxygen atoms in total. The van der Waals surface area contributed by atoms with Crippen LogP contribution in [0.4, 0.5) is 34.6 Å². The maximum atomic E-state index is 15.5. The number of carbonyl (C=O) groups is 4. The van der Waals surface area contributed by atoms with Gasteiger partial charge in [0.1, 0.15) is 17.7 Å². The zero-order valence-electron chi connectivity index (χ0n) is 33.5. The molecule has 5 aromatic rings. The van der Waals surface area contributed by atoms with Crippen LogP contribution >= 0.6 is 12.2 Å². The number of hydrogen-bond donors (Lipinski definition) is 2. The Morgan fingerprint density at radius 2 is 1.74 bits per heavy atom. The predicted molar refractivity (Wildman–Crippen MR) is 225 cm³/mol. The summed E-state index contributed by atoms with van der Waals surface area (Å²) in [6.45, 7) is 6.44. The van der Waals surface area contributed by atoms with Gasteiger partial charge in [0.2, 0.25) is 17.7 Å². The van der Waals surface area contributed by atoms with E-state index < -0.39 is 40.5 Å². The first kappa shape index (κ1) is 42.3. The standard InChI is InChI=1S/C44H39F4N7O6S/c1-43(2)41(59)54(28-6-3-26(22-49)33(20-28)44(46,47)48)42(62)55(43)29-7-11-35(34(45)21-29)60-18-17-52-13-15-53(16-14-52)23-38(57)50-27-5-8-30-25(19-27)4-10-36-39(30)32(24-61-36)31-9-12-37(56)51-40(31)58/h3-8,10-11,19-21,24,31H,9,12-18,23H2,1-2H3,(H,50,57)(H,51,56,58)/t31-/m1/s1. The van der Waals surface area contributed by atoms with E-state index in [0.717, 1.165) is 38.8 Å². The van der Waals surface area contributed by atoms with Crippen LogP contribution < -0.4 is 25.2 Å². The van der Waals surface area contributed by atoms with E-state index in [1.54, 1.807) is 6.26 Å².